The molecule has 0 aliphatic carbocycles. The van der Waals surface area contributed by atoms with Crippen LogP contribution in [0.15, 0.2) is 24.5 Å². The number of nitrogens with one attached hydrogen (secondary N) is 1. The Kier molecular flexibility index (Phi) is 8.67. The molecule has 200 valence electrons. The third-order valence-corrected chi connectivity index (χ3v) is 6.50. The zero-order valence-electron chi connectivity index (χ0n) is 20.4. The molecule has 0 bridgehead atoms. The number of alkyl halides is 4. The smallest absolute Gasteiger partial charge is 0.275 e. The van der Waals surface area contributed by atoms with E-state index in [-0.39, 0.29) is 50.3 Å². The standard InChI is InChI=1S/C16H19F2N5O2.C7H13F2NO/c1-10-7-16(17,18)9-22(13(10)8-24)15(25)14-12(4-3-11(2)21-14)23-19-5-6-20-23;1-5-2-7(8,9)4-10-6(5)3-11/h3-6,10,13,24H,7-9H2,1-2H3;5-6,10-11H,2-4H2,1H3/t10-,13-;5-,6-/m11/s1. The highest BCUT2D eigenvalue weighted by Crippen LogP contribution is 2.35. The number of hydrogen-bond acceptors (Lipinski definition) is 7. The van der Waals surface area contributed by atoms with Crippen LogP contribution in [0.1, 0.15) is 42.9 Å². The van der Waals surface area contributed by atoms with Crippen molar-refractivity contribution in [2.45, 2.75) is 57.5 Å². The molecule has 36 heavy (non-hydrogen) atoms. The van der Waals surface area contributed by atoms with Crippen molar-refractivity contribution in [1.82, 2.24) is 30.2 Å². The van der Waals surface area contributed by atoms with E-state index in [0.717, 1.165) is 4.90 Å². The summed E-state index contributed by atoms with van der Waals surface area (Å²) in [6, 6.07) is 2.46. The number of aromatic nitrogens is 4. The van der Waals surface area contributed by atoms with Crippen molar-refractivity contribution in [2.75, 3.05) is 26.3 Å². The summed E-state index contributed by atoms with van der Waals surface area (Å²) in [5, 5.41) is 28.9. The summed E-state index contributed by atoms with van der Waals surface area (Å²) < 4.78 is 53.3. The quantitative estimate of drug-likeness (QED) is 0.533. The maximum Gasteiger partial charge on any atom is 0.275 e. The lowest BCUT2D eigenvalue weighted by atomic mass is 9.88. The number of hydrogen-bond donors (Lipinski definition) is 3. The number of rotatable bonds is 4. The van der Waals surface area contributed by atoms with E-state index < -0.39 is 36.3 Å². The van der Waals surface area contributed by atoms with Crippen molar-refractivity contribution in [3.05, 3.63) is 35.9 Å². The van der Waals surface area contributed by atoms with Crippen molar-refractivity contribution >= 4 is 5.91 Å². The van der Waals surface area contributed by atoms with Crippen molar-refractivity contribution in [2.24, 2.45) is 11.8 Å². The molecule has 13 heteroatoms. The SMILES string of the molecule is C[C@@H]1CC(F)(F)CN[C@@H]1CO.Cc1ccc(-n2nccn2)c(C(=O)N2CC(F)(F)C[C@@H](C)[C@H]2CO)n1. The van der Waals surface area contributed by atoms with Crippen LogP contribution in [0, 0.1) is 18.8 Å². The van der Waals surface area contributed by atoms with Crippen molar-refractivity contribution in [3.63, 3.8) is 0 Å². The number of nitrogens with zero attached hydrogens (tertiary/aromatic N) is 5. The van der Waals surface area contributed by atoms with E-state index in [1.807, 2.05) is 0 Å². The lowest BCUT2D eigenvalue weighted by molar-refractivity contribution is -0.0992. The summed E-state index contributed by atoms with van der Waals surface area (Å²) in [4.78, 5) is 19.5. The molecule has 4 rings (SSSR count). The van der Waals surface area contributed by atoms with Gasteiger partial charge in [-0.3, -0.25) is 4.79 Å². The van der Waals surface area contributed by atoms with Crippen molar-refractivity contribution < 1.29 is 32.6 Å². The third-order valence-electron chi connectivity index (χ3n) is 6.50. The zero-order chi connectivity index (χ0) is 26.7. The number of aliphatic hydroxyl groups is 2. The molecule has 2 fully saturated rings. The molecule has 4 atom stereocenters. The first-order chi connectivity index (χ1) is 16.9. The highest BCUT2D eigenvalue weighted by molar-refractivity contribution is 5.96. The Bertz CT molecular complexity index is 1020. The van der Waals surface area contributed by atoms with Gasteiger partial charge >= 0.3 is 0 Å². The summed E-state index contributed by atoms with van der Waals surface area (Å²) >= 11 is 0. The minimum atomic E-state index is -3.01. The predicted octanol–water partition coefficient (Wildman–Crippen LogP) is 2.06. The third kappa shape index (κ3) is 6.56. The van der Waals surface area contributed by atoms with Crippen LogP contribution in [-0.2, 0) is 0 Å². The van der Waals surface area contributed by atoms with E-state index in [0.29, 0.717) is 11.4 Å². The zero-order valence-corrected chi connectivity index (χ0v) is 20.4. The highest BCUT2D eigenvalue weighted by Gasteiger charge is 2.46. The largest absolute Gasteiger partial charge is 0.395 e. The number of carbonyl (C=O) groups is 1. The van der Waals surface area contributed by atoms with Gasteiger partial charge in [-0.2, -0.15) is 10.2 Å². The van der Waals surface area contributed by atoms with Crippen LogP contribution in [0.2, 0.25) is 0 Å². The molecule has 2 aliphatic rings. The molecule has 0 saturated carbocycles. The van der Waals surface area contributed by atoms with Crippen LogP contribution < -0.4 is 5.32 Å². The van der Waals surface area contributed by atoms with Crippen molar-refractivity contribution in [1.29, 1.82) is 0 Å². The van der Waals surface area contributed by atoms with Gasteiger partial charge in [0.1, 0.15) is 5.69 Å². The van der Waals surface area contributed by atoms with Gasteiger partial charge in [-0.15, -0.1) is 4.80 Å². The summed E-state index contributed by atoms with van der Waals surface area (Å²) in [5.41, 5.74) is 0.856. The molecular weight excluding hydrogens is 484 g/mol. The fraction of sp³-hybridized carbons (Fsp3) is 0.652. The second kappa shape index (κ2) is 11.2. The van der Waals surface area contributed by atoms with Gasteiger partial charge in [0.15, 0.2) is 5.69 Å². The molecule has 0 radical (unpaired) electrons. The normalized spacial score (nSPS) is 27.2. The minimum absolute atomic E-state index is 0.0143. The number of halogens is 4. The number of pyridine rings is 1. The van der Waals surface area contributed by atoms with Gasteiger partial charge in [0, 0.05) is 24.6 Å². The number of likely N-dealkylation sites (tertiary alicyclic amines) is 1. The summed E-state index contributed by atoms with van der Waals surface area (Å²) in [6.07, 6.45) is 2.41. The number of amides is 1. The van der Waals surface area contributed by atoms with Gasteiger partial charge < -0.3 is 20.4 Å². The molecule has 9 nitrogen and oxygen atoms in total. The fourth-order valence-corrected chi connectivity index (χ4v) is 4.60. The van der Waals surface area contributed by atoms with Gasteiger partial charge in [0.25, 0.3) is 17.8 Å². The van der Waals surface area contributed by atoms with Gasteiger partial charge in [-0.25, -0.2) is 22.5 Å². The average Bonchev–Trinajstić information content (AvgIpc) is 3.32. The van der Waals surface area contributed by atoms with Crippen LogP contribution in [0.3, 0.4) is 0 Å². The maximum absolute atomic E-state index is 14.0. The van der Waals surface area contributed by atoms with Crippen LogP contribution in [0.5, 0.6) is 0 Å². The molecular formula is C23H32F4N6O3. The van der Waals surface area contributed by atoms with E-state index in [9.17, 15) is 27.5 Å². The summed E-state index contributed by atoms with van der Waals surface area (Å²) in [7, 11) is 0. The molecule has 3 N–H and O–H groups in total. The molecule has 0 spiro atoms. The first kappa shape index (κ1) is 27.9. The van der Waals surface area contributed by atoms with E-state index in [2.05, 4.69) is 20.5 Å². The molecule has 2 aromatic heterocycles. The van der Waals surface area contributed by atoms with E-state index in [4.69, 9.17) is 5.11 Å². The molecule has 2 aromatic rings. The monoisotopic (exact) mass is 516 g/mol. The Morgan fingerprint density at radius 3 is 2.28 bits per heavy atom. The van der Waals surface area contributed by atoms with Gasteiger partial charge in [0.2, 0.25) is 0 Å². The number of piperidine rings is 2. The Morgan fingerprint density at radius 2 is 1.69 bits per heavy atom. The van der Waals surface area contributed by atoms with E-state index in [1.165, 1.54) is 17.2 Å². The molecule has 0 aromatic carbocycles. The lowest BCUT2D eigenvalue weighted by Gasteiger charge is -2.42. The molecule has 4 heterocycles. The summed E-state index contributed by atoms with van der Waals surface area (Å²) in [5.74, 6) is -6.95. The molecule has 2 aliphatic heterocycles. The van der Waals surface area contributed by atoms with Crippen LogP contribution in [0.25, 0.3) is 5.69 Å². The minimum Gasteiger partial charge on any atom is -0.395 e. The number of aryl methyl sites for hydroxylation is 1. The van der Waals surface area contributed by atoms with E-state index in [1.54, 1.807) is 32.9 Å². The first-order valence-electron chi connectivity index (χ1n) is 11.7. The number of aliphatic hydroxyl groups excluding tert-OH is 2. The molecule has 0 unspecified atom stereocenters. The maximum atomic E-state index is 14.0. The lowest BCUT2D eigenvalue weighted by Crippen LogP contribution is -2.56. The van der Waals surface area contributed by atoms with Gasteiger partial charge in [-0.05, 0) is 30.9 Å². The number of carbonyl (C=O) groups excluding carboxylic acids is 1. The second-order valence-corrected chi connectivity index (χ2v) is 9.57. The van der Waals surface area contributed by atoms with Crippen molar-refractivity contribution in [3.8, 4) is 5.69 Å². The summed E-state index contributed by atoms with van der Waals surface area (Å²) in [6.45, 7) is 3.54. The van der Waals surface area contributed by atoms with Gasteiger partial charge in [-0.1, -0.05) is 13.8 Å². The van der Waals surface area contributed by atoms with Crippen LogP contribution >= 0.6 is 0 Å². The highest BCUT2D eigenvalue weighted by atomic mass is 19.3. The Hall–Kier alpha value is -2.64. The van der Waals surface area contributed by atoms with E-state index >= 15 is 0 Å². The predicted molar refractivity (Wildman–Crippen MR) is 122 cm³/mol. The average molecular weight is 517 g/mol. The molecule has 1 amide bonds. The first-order valence-corrected chi connectivity index (χ1v) is 11.7. The van der Waals surface area contributed by atoms with Crippen LogP contribution in [-0.4, -0.2) is 91.2 Å². The Morgan fingerprint density at radius 1 is 1.06 bits per heavy atom. The van der Waals surface area contributed by atoms with Gasteiger partial charge in [0.05, 0.1) is 44.7 Å². The molecule has 2 saturated heterocycles. The topological polar surface area (TPSA) is 116 Å². The van der Waals surface area contributed by atoms with Crippen LogP contribution in [0.4, 0.5) is 17.6 Å². The fourth-order valence-electron chi connectivity index (χ4n) is 4.60. The second-order valence-electron chi connectivity index (χ2n) is 9.57. The Balaban J connectivity index is 0.000000275. The Labute approximate surface area is 206 Å².